The molecule has 0 saturated carbocycles. The van der Waals surface area contributed by atoms with Gasteiger partial charge < -0.3 is 14.8 Å². The minimum absolute atomic E-state index is 0.0590. The van der Waals surface area contributed by atoms with E-state index in [0.717, 1.165) is 11.0 Å². The summed E-state index contributed by atoms with van der Waals surface area (Å²) in [6, 6.07) is 12.8. The first-order valence-corrected chi connectivity index (χ1v) is 7.35. The van der Waals surface area contributed by atoms with Crippen LogP contribution in [0.1, 0.15) is 19.4 Å². The summed E-state index contributed by atoms with van der Waals surface area (Å²) in [5.74, 6) is 1.28. The van der Waals surface area contributed by atoms with Crippen molar-refractivity contribution in [1.29, 1.82) is 0 Å². The van der Waals surface area contributed by atoms with E-state index in [2.05, 4.69) is 20.5 Å². The molecular weight excluding hydrogens is 292 g/mol. The molecule has 3 N–H and O–H groups in total. The summed E-state index contributed by atoms with van der Waals surface area (Å²) in [6.07, 6.45) is 1.59. The maximum atomic E-state index is 9.99. The third-order valence-corrected chi connectivity index (χ3v) is 3.14. The number of nitrogens with zero attached hydrogens (tertiary/aromatic N) is 2. The fraction of sp³-hybridized carbons (Fsp3) is 0.176. The van der Waals surface area contributed by atoms with Crippen molar-refractivity contribution < 1.29 is 9.84 Å². The van der Waals surface area contributed by atoms with Crippen LogP contribution in [-0.2, 0) is 0 Å². The van der Waals surface area contributed by atoms with Gasteiger partial charge in [0.05, 0.1) is 23.4 Å². The zero-order chi connectivity index (χ0) is 16.2. The molecule has 0 spiro atoms. The molecule has 6 heteroatoms. The molecule has 3 aromatic rings. The maximum Gasteiger partial charge on any atom is 0.222 e. The highest BCUT2D eigenvalue weighted by Gasteiger charge is 2.04. The summed E-state index contributed by atoms with van der Waals surface area (Å²) >= 11 is 0. The summed E-state index contributed by atoms with van der Waals surface area (Å²) in [7, 11) is 0. The van der Waals surface area contributed by atoms with Gasteiger partial charge >= 0.3 is 0 Å². The number of para-hydroxylation sites is 2. The van der Waals surface area contributed by atoms with Crippen molar-refractivity contribution in [1.82, 2.24) is 9.97 Å². The Morgan fingerprint density at radius 2 is 2.09 bits per heavy atom. The molecule has 0 fully saturated rings. The number of fused-ring (bicyclic) bond motifs is 1. The maximum absolute atomic E-state index is 9.99. The number of ether oxygens (including phenoxy) is 1. The molecule has 0 aliphatic rings. The molecule has 0 radical (unpaired) electrons. The van der Waals surface area contributed by atoms with E-state index in [1.807, 2.05) is 38.1 Å². The van der Waals surface area contributed by atoms with Crippen LogP contribution in [0.15, 0.2) is 47.6 Å². The van der Waals surface area contributed by atoms with E-state index in [0.29, 0.717) is 17.3 Å². The standard InChI is InChI=1S/C17H18N4O2/c1-11(2)23-13-8-7-12(16(22)9-13)10-18-21-17-19-14-5-3-4-6-15(14)20-17/h3-11,22H,1-2H3,(H2,19,20,21)/b18-10-. The lowest BCUT2D eigenvalue weighted by molar-refractivity contribution is 0.241. The number of anilines is 1. The number of nitrogens with one attached hydrogen (secondary N) is 2. The number of H-pyrrole nitrogens is 1. The second-order valence-electron chi connectivity index (χ2n) is 5.36. The number of aromatic amines is 1. The van der Waals surface area contributed by atoms with Gasteiger partial charge in [0.1, 0.15) is 11.5 Å². The average Bonchev–Trinajstić information content (AvgIpc) is 2.91. The van der Waals surface area contributed by atoms with Crippen LogP contribution >= 0.6 is 0 Å². The third kappa shape index (κ3) is 3.60. The molecule has 23 heavy (non-hydrogen) atoms. The van der Waals surface area contributed by atoms with Crippen LogP contribution in [0.25, 0.3) is 11.0 Å². The molecule has 0 saturated heterocycles. The second-order valence-corrected chi connectivity index (χ2v) is 5.36. The van der Waals surface area contributed by atoms with Crippen LogP contribution in [0.4, 0.5) is 5.95 Å². The Hall–Kier alpha value is -3.02. The lowest BCUT2D eigenvalue weighted by atomic mass is 10.2. The normalized spacial score (nSPS) is 11.4. The van der Waals surface area contributed by atoms with Gasteiger partial charge in [0.15, 0.2) is 0 Å². The number of phenolic OH excluding ortho intramolecular Hbond substituents is 1. The number of phenols is 1. The Kier molecular flexibility index (Phi) is 4.14. The minimum Gasteiger partial charge on any atom is -0.507 e. The van der Waals surface area contributed by atoms with Gasteiger partial charge in [-0.25, -0.2) is 10.4 Å². The van der Waals surface area contributed by atoms with Crippen molar-refractivity contribution in [3.8, 4) is 11.5 Å². The number of hydrogen-bond donors (Lipinski definition) is 3. The highest BCUT2D eigenvalue weighted by atomic mass is 16.5. The molecule has 0 amide bonds. The Bertz CT molecular complexity index is 806. The molecule has 0 unspecified atom stereocenters. The molecule has 0 aliphatic heterocycles. The molecule has 0 bridgehead atoms. The van der Waals surface area contributed by atoms with Crippen molar-refractivity contribution in [2.24, 2.45) is 5.10 Å². The highest BCUT2D eigenvalue weighted by Crippen LogP contribution is 2.23. The van der Waals surface area contributed by atoms with E-state index >= 15 is 0 Å². The van der Waals surface area contributed by atoms with E-state index < -0.39 is 0 Å². The van der Waals surface area contributed by atoms with E-state index in [-0.39, 0.29) is 11.9 Å². The zero-order valence-corrected chi connectivity index (χ0v) is 12.9. The van der Waals surface area contributed by atoms with Crippen molar-refractivity contribution >= 4 is 23.2 Å². The van der Waals surface area contributed by atoms with Crippen molar-refractivity contribution in [2.75, 3.05) is 5.43 Å². The van der Waals surface area contributed by atoms with Gasteiger partial charge in [0.25, 0.3) is 0 Å². The highest BCUT2D eigenvalue weighted by molar-refractivity contribution is 5.84. The van der Waals surface area contributed by atoms with E-state index in [1.165, 1.54) is 6.21 Å². The van der Waals surface area contributed by atoms with Crippen LogP contribution < -0.4 is 10.2 Å². The third-order valence-electron chi connectivity index (χ3n) is 3.14. The van der Waals surface area contributed by atoms with Gasteiger partial charge in [-0.1, -0.05) is 12.1 Å². The molecule has 6 nitrogen and oxygen atoms in total. The summed E-state index contributed by atoms with van der Waals surface area (Å²) in [4.78, 5) is 7.46. The number of aromatic hydroxyl groups is 1. The minimum atomic E-state index is 0.0590. The first kappa shape index (κ1) is 14.9. The van der Waals surface area contributed by atoms with E-state index in [9.17, 15) is 5.11 Å². The van der Waals surface area contributed by atoms with E-state index in [1.54, 1.807) is 18.2 Å². The van der Waals surface area contributed by atoms with Crippen LogP contribution in [0.3, 0.4) is 0 Å². The fourth-order valence-corrected chi connectivity index (χ4v) is 2.15. The lowest BCUT2D eigenvalue weighted by Crippen LogP contribution is -2.05. The van der Waals surface area contributed by atoms with Crippen LogP contribution in [0, 0.1) is 0 Å². The number of aromatic nitrogens is 2. The van der Waals surface area contributed by atoms with Crippen LogP contribution in [-0.4, -0.2) is 27.4 Å². The Morgan fingerprint density at radius 3 is 2.83 bits per heavy atom. The number of imidazole rings is 1. The van der Waals surface area contributed by atoms with Gasteiger partial charge in [-0.2, -0.15) is 5.10 Å². The predicted molar refractivity (Wildman–Crippen MR) is 91.2 cm³/mol. The molecule has 118 valence electrons. The molecular formula is C17H18N4O2. The Morgan fingerprint density at radius 1 is 1.26 bits per heavy atom. The first-order chi connectivity index (χ1) is 11.1. The van der Waals surface area contributed by atoms with Gasteiger partial charge in [-0.3, -0.25) is 0 Å². The average molecular weight is 310 g/mol. The number of benzene rings is 2. The van der Waals surface area contributed by atoms with Crippen LogP contribution in [0.5, 0.6) is 11.5 Å². The first-order valence-electron chi connectivity index (χ1n) is 7.35. The SMILES string of the molecule is CC(C)Oc1ccc(/C=N\Nc2nc3ccccc3[nH]2)c(O)c1. The van der Waals surface area contributed by atoms with Crippen molar-refractivity contribution in [3.05, 3.63) is 48.0 Å². The zero-order valence-electron chi connectivity index (χ0n) is 12.9. The topological polar surface area (TPSA) is 82.5 Å². The molecule has 3 rings (SSSR count). The summed E-state index contributed by atoms with van der Waals surface area (Å²) in [5.41, 5.74) is 5.20. The van der Waals surface area contributed by atoms with Gasteiger partial charge in [0.2, 0.25) is 5.95 Å². The summed E-state index contributed by atoms with van der Waals surface area (Å²) in [5, 5.41) is 14.1. The number of rotatable bonds is 5. The molecule has 1 heterocycles. The summed E-state index contributed by atoms with van der Waals surface area (Å²) in [6.45, 7) is 3.87. The van der Waals surface area contributed by atoms with Gasteiger partial charge in [-0.15, -0.1) is 0 Å². The van der Waals surface area contributed by atoms with Gasteiger partial charge in [-0.05, 0) is 38.1 Å². The lowest BCUT2D eigenvalue weighted by Gasteiger charge is -2.10. The largest absolute Gasteiger partial charge is 0.507 e. The fourth-order valence-electron chi connectivity index (χ4n) is 2.15. The Labute approximate surface area is 133 Å². The van der Waals surface area contributed by atoms with E-state index in [4.69, 9.17) is 4.74 Å². The molecule has 0 aliphatic carbocycles. The molecule has 2 aromatic carbocycles. The van der Waals surface area contributed by atoms with Gasteiger partial charge in [0, 0.05) is 11.6 Å². The number of hydrogen-bond acceptors (Lipinski definition) is 5. The molecule has 0 atom stereocenters. The number of hydrazone groups is 1. The van der Waals surface area contributed by atoms with Crippen LogP contribution in [0.2, 0.25) is 0 Å². The summed E-state index contributed by atoms with van der Waals surface area (Å²) < 4.78 is 5.52. The quantitative estimate of drug-likeness (QED) is 0.497. The second kappa shape index (κ2) is 6.39. The Balaban J connectivity index is 1.70. The monoisotopic (exact) mass is 310 g/mol. The molecule has 1 aromatic heterocycles. The van der Waals surface area contributed by atoms with Crippen molar-refractivity contribution in [2.45, 2.75) is 20.0 Å². The van der Waals surface area contributed by atoms with Crippen molar-refractivity contribution in [3.63, 3.8) is 0 Å². The predicted octanol–water partition coefficient (Wildman–Crippen LogP) is 3.50. The smallest absolute Gasteiger partial charge is 0.222 e.